The molecule has 1 fully saturated rings. The molecule has 1 aromatic heterocycles. The van der Waals surface area contributed by atoms with Gasteiger partial charge in [0, 0.05) is 6.54 Å². The highest BCUT2D eigenvalue weighted by atomic mass is 35.5. The summed E-state index contributed by atoms with van der Waals surface area (Å²) in [7, 11) is 0. The van der Waals surface area contributed by atoms with Crippen LogP contribution in [0.25, 0.3) is 0 Å². The van der Waals surface area contributed by atoms with Crippen molar-refractivity contribution in [3.05, 3.63) is 10.7 Å². The van der Waals surface area contributed by atoms with Crippen molar-refractivity contribution in [2.45, 2.75) is 20.3 Å². The highest BCUT2D eigenvalue weighted by molar-refractivity contribution is 7.16. The van der Waals surface area contributed by atoms with Gasteiger partial charge < -0.3 is 10.6 Å². The lowest BCUT2D eigenvalue weighted by Gasteiger charge is -2.08. The minimum Gasteiger partial charge on any atom is -0.316 e. The molecule has 90 valence electrons. The Kier molecular flexibility index (Phi) is 4.70. The number of thiazole rings is 1. The minimum absolute atomic E-state index is 0. The number of carbonyl (C=O) groups is 1. The third kappa shape index (κ3) is 2.93. The summed E-state index contributed by atoms with van der Waals surface area (Å²) in [6.45, 7) is 5.61. The number of nitrogens with one attached hydrogen (secondary N) is 2. The first-order valence-electron chi connectivity index (χ1n) is 5.12. The first kappa shape index (κ1) is 13.4. The molecule has 16 heavy (non-hydrogen) atoms. The molecule has 1 aliphatic rings. The van der Waals surface area contributed by atoms with Crippen LogP contribution in [-0.2, 0) is 4.79 Å². The number of anilines is 1. The largest absolute Gasteiger partial charge is 0.316 e. The molecule has 1 unspecified atom stereocenters. The number of hydrogen-bond donors (Lipinski definition) is 2. The van der Waals surface area contributed by atoms with Crippen molar-refractivity contribution in [2.24, 2.45) is 5.92 Å². The fourth-order valence-electron chi connectivity index (χ4n) is 1.74. The zero-order chi connectivity index (χ0) is 10.8. The van der Waals surface area contributed by atoms with Crippen LogP contribution < -0.4 is 10.6 Å². The second kappa shape index (κ2) is 5.61. The molecule has 0 aromatic carbocycles. The van der Waals surface area contributed by atoms with Crippen LogP contribution in [-0.4, -0.2) is 24.0 Å². The number of amides is 1. The second-order valence-electron chi connectivity index (χ2n) is 3.83. The van der Waals surface area contributed by atoms with Gasteiger partial charge in [0.2, 0.25) is 5.91 Å². The predicted octanol–water partition coefficient (Wildman–Crippen LogP) is 1.73. The van der Waals surface area contributed by atoms with Crippen LogP contribution >= 0.6 is 23.7 Å². The Morgan fingerprint density at radius 3 is 2.81 bits per heavy atom. The van der Waals surface area contributed by atoms with Gasteiger partial charge in [-0.05, 0) is 26.8 Å². The van der Waals surface area contributed by atoms with Gasteiger partial charge >= 0.3 is 0 Å². The van der Waals surface area contributed by atoms with Crippen molar-refractivity contribution in [2.75, 3.05) is 18.4 Å². The summed E-state index contributed by atoms with van der Waals surface area (Å²) >= 11 is 1.54. The molecular formula is C10H16ClN3OS. The second-order valence-corrected chi connectivity index (χ2v) is 5.03. The molecule has 0 spiro atoms. The maximum atomic E-state index is 11.8. The molecule has 6 heteroatoms. The van der Waals surface area contributed by atoms with Crippen LogP contribution in [0.3, 0.4) is 0 Å². The average molecular weight is 262 g/mol. The van der Waals surface area contributed by atoms with Gasteiger partial charge in [-0.25, -0.2) is 4.98 Å². The predicted molar refractivity (Wildman–Crippen MR) is 68.4 cm³/mol. The number of nitrogens with zero attached hydrogens (tertiary/aromatic N) is 1. The van der Waals surface area contributed by atoms with E-state index in [-0.39, 0.29) is 24.2 Å². The first-order chi connectivity index (χ1) is 7.16. The molecule has 1 aromatic rings. The summed E-state index contributed by atoms with van der Waals surface area (Å²) in [5, 5.41) is 8.02. The zero-order valence-electron chi connectivity index (χ0n) is 9.37. The van der Waals surface area contributed by atoms with E-state index in [1.807, 2.05) is 13.8 Å². The van der Waals surface area contributed by atoms with Gasteiger partial charge in [0.15, 0.2) is 0 Å². The van der Waals surface area contributed by atoms with Gasteiger partial charge in [0.25, 0.3) is 0 Å². The number of carbonyl (C=O) groups excluding carboxylic acids is 1. The van der Waals surface area contributed by atoms with Gasteiger partial charge in [-0.15, -0.1) is 23.7 Å². The maximum Gasteiger partial charge on any atom is 0.229 e. The Bertz CT molecular complexity index is 374. The van der Waals surface area contributed by atoms with Gasteiger partial charge in [0.05, 0.1) is 16.6 Å². The van der Waals surface area contributed by atoms with Crippen molar-refractivity contribution in [1.82, 2.24) is 10.3 Å². The SMILES string of the molecule is Cc1nc(C)c(NC(=O)C2CCNC2)s1.Cl. The molecule has 0 radical (unpaired) electrons. The third-order valence-corrected chi connectivity index (χ3v) is 3.56. The molecular weight excluding hydrogens is 246 g/mol. The summed E-state index contributed by atoms with van der Waals surface area (Å²) in [6.07, 6.45) is 0.933. The van der Waals surface area contributed by atoms with E-state index in [0.717, 1.165) is 35.2 Å². The molecule has 2 heterocycles. The van der Waals surface area contributed by atoms with Crippen LogP contribution in [0.4, 0.5) is 5.00 Å². The number of aromatic nitrogens is 1. The van der Waals surface area contributed by atoms with Crippen molar-refractivity contribution < 1.29 is 4.79 Å². The summed E-state index contributed by atoms with van der Waals surface area (Å²) in [5.74, 6) is 0.235. The molecule has 2 N–H and O–H groups in total. The van der Waals surface area contributed by atoms with Crippen molar-refractivity contribution >= 4 is 34.7 Å². The Morgan fingerprint density at radius 1 is 1.56 bits per heavy atom. The first-order valence-corrected chi connectivity index (χ1v) is 5.94. The summed E-state index contributed by atoms with van der Waals surface area (Å²) < 4.78 is 0. The average Bonchev–Trinajstić information content (AvgIpc) is 2.76. The number of aryl methyl sites for hydroxylation is 2. The molecule has 0 saturated carbocycles. The van der Waals surface area contributed by atoms with Crippen LogP contribution in [0, 0.1) is 19.8 Å². The summed E-state index contributed by atoms with van der Waals surface area (Å²) in [4.78, 5) is 16.1. The maximum absolute atomic E-state index is 11.8. The minimum atomic E-state index is 0. The van der Waals surface area contributed by atoms with Crippen LogP contribution in [0.2, 0.25) is 0 Å². The van der Waals surface area contributed by atoms with E-state index in [0.29, 0.717) is 0 Å². The monoisotopic (exact) mass is 261 g/mol. The smallest absolute Gasteiger partial charge is 0.229 e. The van der Waals surface area contributed by atoms with Gasteiger partial charge in [-0.1, -0.05) is 0 Å². The Labute approximate surface area is 105 Å². The zero-order valence-corrected chi connectivity index (χ0v) is 11.0. The van der Waals surface area contributed by atoms with Gasteiger partial charge in [0.1, 0.15) is 5.00 Å². The quantitative estimate of drug-likeness (QED) is 0.853. The number of halogens is 1. The summed E-state index contributed by atoms with van der Waals surface area (Å²) in [6, 6.07) is 0. The van der Waals surface area contributed by atoms with E-state index in [2.05, 4.69) is 15.6 Å². The lowest BCUT2D eigenvalue weighted by Crippen LogP contribution is -2.24. The van der Waals surface area contributed by atoms with Gasteiger partial charge in [-0.3, -0.25) is 4.79 Å². The highest BCUT2D eigenvalue weighted by Crippen LogP contribution is 2.24. The molecule has 1 saturated heterocycles. The van der Waals surface area contributed by atoms with Crippen molar-refractivity contribution in [3.8, 4) is 0 Å². The highest BCUT2D eigenvalue weighted by Gasteiger charge is 2.23. The van der Waals surface area contributed by atoms with Crippen LogP contribution in [0.5, 0.6) is 0 Å². The normalized spacial score (nSPS) is 19.2. The molecule has 1 aliphatic heterocycles. The lowest BCUT2D eigenvalue weighted by molar-refractivity contribution is -0.119. The molecule has 4 nitrogen and oxygen atoms in total. The standard InChI is InChI=1S/C10H15N3OS.ClH/c1-6-10(15-7(2)12-6)13-9(14)8-3-4-11-5-8;/h8,11H,3-5H2,1-2H3,(H,13,14);1H. The Hall–Kier alpha value is -0.650. The van der Waals surface area contributed by atoms with Gasteiger partial charge in [-0.2, -0.15) is 0 Å². The topological polar surface area (TPSA) is 54.0 Å². The Balaban J connectivity index is 0.00000128. The summed E-state index contributed by atoms with van der Waals surface area (Å²) in [5.41, 5.74) is 0.914. The van der Waals surface area contributed by atoms with Crippen LogP contribution in [0.15, 0.2) is 0 Å². The molecule has 0 bridgehead atoms. The van der Waals surface area contributed by atoms with E-state index < -0.39 is 0 Å². The van der Waals surface area contributed by atoms with E-state index in [1.54, 1.807) is 0 Å². The van der Waals surface area contributed by atoms with Crippen molar-refractivity contribution in [3.63, 3.8) is 0 Å². The lowest BCUT2D eigenvalue weighted by atomic mass is 10.1. The fourth-order valence-corrected chi connectivity index (χ4v) is 2.56. The molecule has 1 amide bonds. The van der Waals surface area contributed by atoms with Crippen molar-refractivity contribution in [1.29, 1.82) is 0 Å². The number of hydrogen-bond acceptors (Lipinski definition) is 4. The fraction of sp³-hybridized carbons (Fsp3) is 0.600. The molecule has 1 atom stereocenters. The number of rotatable bonds is 2. The third-order valence-electron chi connectivity index (χ3n) is 2.57. The molecule has 0 aliphatic carbocycles. The van der Waals surface area contributed by atoms with Crippen LogP contribution in [0.1, 0.15) is 17.1 Å². The van der Waals surface area contributed by atoms with E-state index in [1.165, 1.54) is 11.3 Å². The van der Waals surface area contributed by atoms with E-state index >= 15 is 0 Å². The Morgan fingerprint density at radius 2 is 2.31 bits per heavy atom. The molecule has 2 rings (SSSR count). The van der Waals surface area contributed by atoms with E-state index in [4.69, 9.17) is 0 Å². The van der Waals surface area contributed by atoms with E-state index in [9.17, 15) is 4.79 Å².